The first-order chi connectivity index (χ1) is 7.81. The zero-order valence-corrected chi connectivity index (χ0v) is 9.91. The zero-order valence-electron chi connectivity index (χ0n) is 9.09. The predicted octanol–water partition coefficient (Wildman–Crippen LogP) is 2.74. The molecule has 0 amide bonds. The Kier molecular flexibility index (Phi) is 3.54. The molecule has 0 spiro atoms. The molecule has 1 unspecified atom stereocenters. The Hall–Kier alpha value is -1.39. The minimum atomic E-state index is 0.0166. The fraction of sp³-hybridized carbons (Fsp3) is 0.250. The molecule has 2 aromatic heterocycles. The van der Waals surface area contributed by atoms with Crippen molar-refractivity contribution in [3.63, 3.8) is 0 Å². The summed E-state index contributed by atoms with van der Waals surface area (Å²) in [6.45, 7) is 2.55. The molecular weight excluding hydrogens is 220 g/mol. The minimum Gasteiger partial charge on any atom is -0.485 e. The number of hydrogen-bond donors (Lipinski definition) is 1. The average Bonchev–Trinajstić information content (AvgIpc) is 2.77. The summed E-state index contributed by atoms with van der Waals surface area (Å²) >= 11 is 1.62. The van der Waals surface area contributed by atoms with Gasteiger partial charge in [0.25, 0.3) is 0 Å². The summed E-state index contributed by atoms with van der Waals surface area (Å²) < 4.78 is 5.87. The number of pyridine rings is 1. The zero-order chi connectivity index (χ0) is 11.4. The van der Waals surface area contributed by atoms with E-state index in [0.29, 0.717) is 6.54 Å². The number of aromatic nitrogens is 1. The van der Waals surface area contributed by atoms with E-state index in [4.69, 9.17) is 10.5 Å². The van der Waals surface area contributed by atoms with E-state index in [1.165, 1.54) is 0 Å². The Labute approximate surface area is 98.9 Å². The Morgan fingerprint density at radius 1 is 1.38 bits per heavy atom. The summed E-state index contributed by atoms with van der Waals surface area (Å²) in [5, 5.41) is 2.00. The Morgan fingerprint density at radius 3 is 2.81 bits per heavy atom. The molecular formula is C12H14N2OS. The fourth-order valence-electron chi connectivity index (χ4n) is 1.48. The summed E-state index contributed by atoms with van der Waals surface area (Å²) in [6, 6.07) is 5.88. The highest BCUT2D eigenvalue weighted by Gasteiger charge is 2.10. The molecule has 0 aliphatic carbocycles. The maximum atomic E-state index is 5.87. The third kappa shape index (κ3) is 2.40. The largest absolute Gasteiger partial charge is 0.485 e. The predicted molar refractivity (Wildman–Crippen MR) is 65.5 cm³/mol. The van der Waals surface area contributed by atoms with Gasteiger partial charge in [-0.05, 0) is 36.1 Å². The number of nitrogens with two attached hydrogens (primary N) is 1. The van der Waals surface area contributed by atoms with Gasteiger partial charge in [-0.1, -0.05) is 0 Å². The second kappa shape index (κ2) is 5.09. The van der Waals surface area contributed by atoms with Crippen LogP contribution in [-0.4, -0.2) is 4.98 Å². The summed E-state index contributed by atoms with van der Waals surface area (Å²) in [6.07, 6.45) is 3.56. The van der Waals surface area contributed by atoms with Crippen LogP contribution >= 0.6 is 11.3 Å². The molecule has 0 bridgehead atoms. The second-order valence-electron chi connectivity index (χ2n) is 3.45. The van der Waals surface area contributed by atoms with Gasteiger partial charge in [0.1, 0.15) is 11.9 Å². The van der Waals surface area contributed by atoms with Gasteiger partial charge in [0.05, 0.1) is 4.88 Å². The topological polar surface area (TPSA) is 48.1 Å². The molecule has 2 rings (SSSR count). The summed E-state index contributed by atoms with van der Waals surface area (Å²) in [7, 11) is 0. The third-order valence-electron chi connectivity index (χ3n) is 2.37. The van der Waals surface area contributed by atoms with Crippen LogP contribution in [0.3, 0.4) is 0 Å². The van der Waals surface area contributed by atoms with E-state index in [1.54, 1.807) is 23.7 Å². The van der Waals surface area contributed by atoms with Gasteiger partial charge in [-0.3, -0.25) is 4.98 Å². The van der Waals surface area contributed by atoms with E-state index >= 15 is 0 Å². The van der Waals surface area contributed by atoms with Gasteiger partial charge in [0.15, 0.2) is 0 Å². The highest BCUT2D eigenvalue weighted by molar-refractivity contribution is 7.10. The lowest BCUT2D eigenvalue weighted by Crippen LogP contribution is -2.05. The first-order valence-corrected chi connectivity index (χ1v) is 6.02. The summed E-state index contributed by atoms with van der Waals surface area (Å²) in [5.74, 6) is 0.886. The maximum absolute atomic E-state index is 5.87. The van der Waals surface area contributed by atoms with E-state index in [9.17, 15) is 0 Å². The maximum Gasteiger partial charge on any atom is 0.135 e. The Bertz CT molecular complexity index is 441. The monoisotopic (exact) mass is 234 g/mol. The van der Waals surface area contributed by atoms with Crippen LogP contribution in [0, 0.1) is 0 Å². The number of hydrogen-bond acceptors (Lipinski definition) is 4. The van der Waals surface area contributed by atoms with E-state index in [1.807, 2.05) is 30.5 Å². The molecule has 1 atom stereocenters. The number of nitrogens with zero attached hydrogens (tertiary/aromatic N) is 1. The van der Waals surface area contributed by atoms with Crippen molar-refractivity contribution in [3.8, 4) is 5.75 Å². The summed E-state index contributed by atoms with van der Waals surface area (Å²) in [4.78, 5) is 5.07. The molecule has 0 saturated carbocycles. The van der Waals surface area contributed by atoms with Gasteiger partial charge in [-0.2, -0.15) is 0 Å². The molecule has 16 heavy (non-hydrogen) atoms. The van der Waals surface area contributed by atoms with Gasteiger partial charge < -0.3 is 10.5 Å². The van der Waals surface area contributed by atoms with Gasteiger partial charge in [0.2, 0.25) is 0 Å². The van der Waals surface area contributed by atoms with Crippen LogP contribution in [0.2, 0.25) is 0 Å². The first kappa shape index (κ1) is 11.1. The van der Waals surface area contributed by atoms with Crippen LogP contribution in [0.5, 0.6) is 5.75 Å². The van der Waals surface area contributed by atoms with Crippen molar-refractivity contribution in [3.05, 3.63) is 46.4 Å². The van der Waals surface area contributed by atoms with Crippen molar-refractivity contribution in [1.82, 2.24) is 4.98 Å². The van der Waals surface area contributed by atoms with Crippen molar-refractivity contribution in [2.75, 3.05) is 0 Å². The van der Waals surface area contributed by atoms with Gasteiger partial charge in [-0.25, -0.2) is 0 Å². The van der Waals surface area contributed by atoms with Crippen LogP contribution < -0.4 is 10.5 Å². The quantitative estimate of drug-likeness (QED) is 0.884. The number of ether oxygens (including phenoxy) is 1. The molecule has 0 aliphatic heterocycles. The van der Waals surface area contributed by atoms with Gasteiger partial charge in [0, 0.05) is 18.9 Å². The molecule has 3 nitrogen and oxygen atoms in total. The lowest BCUT2D eigenvalue weighted by molar-refractivity contribution is 0.226. The number of thiophene rings is 1. The van der Waals surface area contributed by atoms with E-state index in [2.05, 4.69) is 4.98 Å². The minimum absolute atomic E-state index is 0.0166. The van der Waals surface area contributed by atoms with Crippen LogP contribution in [0.15, 0.2) is 36.0 Å². The van der Waals surface area contributed by atoms with Crippen molar-refractivity contribution >= 4 is 11.3 Å². The average molecular weight is 234 g/mol. The van der Waals surface area contributed by atoms with Crippen molar-refractivity contribution in [2.24, 2.45) is 5.73 Å². The lowest BCUT2D eigenvalue weighted by Gasteiger charge is -2.14. The normalized spacial score (nSPS) is 12.4. The molecule has 0 aromatic carbocycles. The summed E-state index contributed by atoms with van der Waals surface area (Å²) in [5.41, 5.74) is 6.74. The fourth-order valence-corrected chi connectivity index (χ4v) is 2.16. The SMILES string of the molecule is CC(Oc1ccsc1CN)c1ccncc1. The van der Waals surface area contributed by atoms with Crippen molar-refractivity contribution in [2.45, 2.75) is 19.6 Å². The Morgan fingerprint density at radius 2 is 2.12 bits per heavy atom. The van der Waals surface area contributed by atoms with E-state index in [-0.39, 0.29) is 6.10 Å². The molecule has 2 N–H and O–H groups in total. The van der Waals surface area contributed by atoms with Gasteiger partial charge >= 0.3 is 0 Å². The van der Waals surface area contributed by atoms with Crippen LogP contribution in [0.25, 0.3) is 0 Å². The molecule has 0 fully saturated rings. The Balaban J connectivity index is 2.11. The lowest BCUT2D eigenvalue weighted by atomic mass is 10.2. The smallest absolute Gasteiger partial charge is 0.135 e. The molecule has 0 aliphatic rings. The van der Waals surface area contributed by atoms with Crippen molar-refractivity contribution < 1.29 is 4.74 Å². The van der Waals surface area contributed by atoms with E-state index in [0.717, 1.165) is 16.2 Å². The van der Waals surface area contributed by atoms with Crippen molar-refractivity contribution in [1.29, 1.82) is 0 Å². The third-order valence-corrected chi connectivity index (χ3v) is 3.29. The van der Waals surface area contributed by atoms with Crippen LogP contribution in [-0.2, 0) is 6.54 Å². The molecule has 84 valence electrons. The second-order valence-corrected chi connectivity index (χ2v) is 4.45. The van der Waals surface area contributed by atoms with Crippen LogP contribution in [0.1, 0.15) is 23.5 Å². The molecule has 0 saturated heterocycles. The molecule has 4 heteroatoms. The first-order valence-electron chi connectivity index (χ1n) is 5.14. The molecule has 2 aromatic rings. The number of rotatable bonds is 4. The van der Waals surface area contributed by atoms with Gasteiger partial charge in [-0.15, -0.1) is 11.3 Å². The highest BCUT2D eigenvalue weighted by atomic mass is 32.1. The van der Waals surface area contributed by atoms with Crippen LogP contribution in [0.4, 0.5) is 0 Å². The molecule has 0 radical (unpaired) electrons. The van der Waals surface area contributed by atoms with E-state index < -0.39 is 0 Å². The highest BCUT2D eigenvalue weighted by Crippen LogP contribution is 2.28. The standard InChI is InChI=1S/C12H14N2OS/c1-9(10-2-5-14-6-3-10)15-11-4-7-16-12(11)8-13/h2-7,9H,8,13H2,1H3. The molecule has 2 heterocycles.